The zero-order chi connectivity index (χ0) is 19.0. The molecule has 0 radical (unpaired) electrons. The fourth-order valence-corrected chi connectivity index (χ4v) is 3.55. The number of benzene rings is 3. The lowest BCUT2D eigenvalue weighted by atomic mass is 9.85. The Morgan fingerprint density at radius 3 is 2.37 bits per heavy atom. The van der Waals surface area contributed by atoms with Crippen LogP contribution in [0.5, 0.6) is 5.75 Å². The summed E-state index contributed by atoms with van der Waals surface area (Å²) in [6, 6.07) is 19.7. The molecule has 1 heterocycles. The van der Waals surface area contributed by atoms with Crippen molar-refractivity contribution < 1.29 is 19.4 Å². The van der Waals surface area contributed by atoms with Gasteiger partial charge in [0.1, 0.15) is 11.3 Å². The summed E-state index contributed by atoms with van der Waals surface area (Å²) in [6.45, 7) is 0. The van der Waals surface area contributed by atoms with Crippen LogP contribution in [0.1, 0.15) is 23.5 Å². The molecule has 1 unspecified atom stereocenters. The molecule has 0 aliphatic carbocycles. The molecule has 0 saturated heterocycles. The molecule has 4 rings (SSSR count). The summed E-state index contributed by atoms with van der Waals surface area (Å²) >= 11 is 0. The van der Waals surface area contributed by atoms with Crippen molar-refractivity contribution in [3.05, 3.63) is 88.3 Å². The van der Waals surface area contributed by atoms with Crippen LogP contribution in [0.15, 0.2) is 75.9 Å². The summed E-state index contributed by atoms with van der Waals surface area (Å²) in [6.07, 6.45) is -0.343. The first-order valence-electron chi connectivity index (χ1n) is 8.50. The number of carboxylic acid groups (broad SMARTS) is 1. The number of para-hydroxylation sites is 1. The van der Waals surface area contributed by atoms with Crippen molar-refractivity contribution >= 4 is 27.7 Å². The zero-order valence-corrected chi connectivity index (χ0v) is 14.3. The van der Waals surface area contributed by atoms with Gasteiger partial charge in [-0.15, -0.1) is 0 Å². The van der Waals surface area contributed by atoms with Crippen LogP contribution in [0.2, 0.25) is 0 Å². The minimum absolute atomic E-state index is 0.0348. The Labute approximate surface area is 154 Å². The second-order valence-electron chi connectivity index (χ2n) is 6.37. The van der Waals surface area contributed by atoms with Crippen molar-refractivity contribution in [2.45, 2.75) is 12.3 Å². The first kappa shape index (κ1) is 16.8. The molecule has 0 bridgehead atoms. The van der Waals surface area contributed by atoms with Gasteiger partial charge in [-0.1, -0.05) is 54.6 Å². The van der Waals surface area contributed by atoms with Crippen molar-refractivity contribution in [3.63, 3.8) is 0 Å². The number of rotatable bonds is 4. The third kappa shape index (κ3) is 2.93. The maximum absolute atomic E-state index is 12.7. The Bertz CT molecular complexity index is 1220. The van der Waals surface area contributed by atoms with Gasteiger partial charge in [-0.25, -0.2) is 4.79 Å². The average molecular weight is 360 g/mol. The zero-order valence-electron chi connectivity index (χ0n) is 14.3. The first-order valence-corrected chi connectivity index (χ1v) is 8.50. The van der Waals surface area contributed by atoms with Crippen LogP contribution in [0.25, 0.3) is 21.7 Å². The predicted molar refractivity (Wildman–Crippen MR) is 102 cm³/mol. The normalized spacial score (nSPS) is 12.3. The lowest BCUT2D eigenvalue weighted by Gasteiger charge is -2.18. The first-order chi connectivity index (χ1) is 13.1. The molecule has 0 spiro atoms. The second kappa shape index (κ2) is 6.61. The Kier molecular flexibility index (Phi) is 4.12. The number of aromatic hydroxyl groups is 1. The molecule has 0 amide bonds. The van der Waals surface area contributed by atoms with E-state index in [0.717, 1.165) is 10.8 Å². The SMILES string of the molecule is O=C(O)CC(c1c(O)c2ccccc2oc1=O)c1cccc2ccccc12. The highest BCUT2D eigenvalue weighted by molar-refractivity contribution is 5.89. The van der Waals surface area contributed by atoms with Gasteiger partial charge in [-0.2, -0.15) is 0 Å². The summed E-state index contributed by atoms with van der Waals surface area (Å²) in [5.74, 6) is -2.14. The van der Waals surface area contributed by atoms with E-state index in [4.69, 9.17) is 4.42 Å². The van der Waals surface area contributed by atoms with Gasteiger partial charge < -0.3 is 14.6 Å². The van der Waals surface area contributed by atoms with Gasteiger partial charge in [-0.05, 0) is 28.5 Å². The van der Waals surface area contributed by atoms with E-state index in [0.29, 0.717) is 10.9 Å². The Morgan fingerprint density at radius 2 is 1.59 bits per heavy atom. The van der Waals surface area contributed by atoms with Gasteiger partial charge in [0.25, 0.3) is 0 Å². The van der Waals surface area contributed by atoms with E-state index < -0.39 is 17.5 Å². The molecule has 1 atom stereocenters. The molecule has 27 heavy (non-hydrogen) atoms. The van der Waals surface area contributed by atoms with Crippen LogP contribution in [-0.4, -0.2) is 16.2 Å². The van der Waals surface area contributed by atoms with E-state index >= 15 is 0 Å². The van der Waals surface area contributed by atoms with E-state index in [1.54, 1.807) is 30.3 Å². The third-order valence-corrected chi connectivity index (χ3v) is 4.75. The maximum atomic E-state index is 12.7. The van der Waals surface area contributed by atoms with E-state index in [2.05, 4.69) is 0 Å². The lowest BCUT2D eigenvalue weighted by Crippen LogP contribution is -2.17. The summed E-state index contributed by atoms with van der Waals surface area (Å²) in [5.41, 5.74) is 0.155. The Balaban J connectivity index is 2.03. The average Bonchev–Trinajstić information content (AvgIpc) is 2.66. The standard InChI is InChI=1S/C22H16O5/c23-19(24)12-17(15-10-5-7-13-6-1-2-8-14(13)15)20-21(25)16-9-3-4-11-18(16)27-22(20)26/h1-11,17,25H,12H2,(H,23,24). The number of hydrogen-bond acceptors (Lipinski definition) is 4. The number of aliphatic carboxylic acids is 1. The molecule has 3 aromatic carbocycles. The quantitative estimate of drug-likeness (QED) is 0.531. The molecule has 1 aromatic heterocycles. The van der Waals surface area contributed by atoms with Gasteiger partial charge in [0, 0.05) is 5.92 Å². The Morgan fingerprint density at radius 1 is 0.926 bits per heavy atom. The summed E-state index contributed by atoms with van der Waals surface area (Å²) in [7, 11) is 0. The minimum atomic E-state index is -1.07. The molecule has 134 valence electrons. The number of fused-ring (bicyclic) bond motifs is 2. The van der Waals surface area contributed by atoms with Crippen molar-refractivity contribution in [2.75, 3.05) is 0 Å². The van der Waals surface area contributed by atoms with Gasteiger partial charge in [-0.3, -0.25) is 4.79 Å². The Hall–Kier alpha value is -3.60. The highest BCUT2D eigenvalue weighted by Crippen LogP contribution is 2.38. The fraction of sp³-hybridized carbons (Fsp3) is 0.0909. The molecule has 0 aliphatic rings. The summed E-state index contributed by atoms with van der Waals surface area (Å²) in [4.78, 5) is 24.2. The smallest absolute Gasteiger partial charge is 0.343 e. The molecular weight excluding hydrogens is 344 g/mol. The largest absolute Gasteiger partial charge is 0.507 e. The minimum Gasteiger partial charge on any atom is -0.507 e. The maximum Gasteiger partial charge on any atom is 0.343 e. The molecule has 5 nitrogen and oxygen atoms in total. The highest BCUT2D eigenvalue weighted by Gasteiger charge is 2.28. The summed E-state index contributed by atoms with van der Waals surface area (Å²) in [5, 5.41) is 22.4. The van der Waals surface area contributed by atoms with E-state index in [9.17, 15) is 19.8 Å². The van der Waals surface area contributed by atoms with E-state index in [1.165, 1.54) is 0 Å². The van der Waals surface area contributed by atoms with Crippen LogP contribution in [0.3, 0.4) is 0 Å². The van der Waals surface area contributed by atoms with Crippen LogP contribution < -0.4 is 5.63 Å². The van der Waals surface area contributed by atoms with Gasteiger partial charge in [0.05, 0.1) is 17.4 Å². The highest BCUT2D eigenvalue weighted by atomic mass is 16.4. The predicted octanol–water partition coefficient (Wildman–Crippen LogP) is 4.26. The molecule has 4 aromatic rings. The van der Waals surface area contributed by atoms with Gasteiger partial charge in [0.2, 0.25) is 0 Å². The van der Waals surface area contributed by atoms with Crippen LogP contribution in [0, 0.1) is 0 Å². The number of hydrogen-bond donors (Lipinski definition) is 2. The van der Waals surface area contributed by atoms with Crippen molar-refractivity contribution in [3.8, 4) is 5.75 Å². The summed E-state index contributed by atoms with van der Waals surface area (Å²) < 4.78 is 5.36. The van der Waals surface area contributed by atoms with Gasteiger partial charge in [0.15, 0.2) is 0 Å². The van der Waals surface area contributed by atoms with Crippen molar-refractivity contribution in [1.29, 1.82) is 0 Å². The number of carbonyl (C=O) groups is 1. The van der Waals surface area contributed by atoms with Crippen LogP contribution in [0.4, 0.5) is 0 Å². The molecule has 0 saturated carbocycles. The molecular formula is C22H16O5. The van der Waals surface area contributed by atoms with Crippen molar-refractivity contribution in [1.82, 2.24) is 0 Å². The lowest BCUT2D eigenvalue weighted by molar-refractivity contribution is -0.137. The topological polar surface area (TPSA) is 87.7 Å². The third-order valence-electron chi connectivity index (χ3n) is 4.75. The monoisotopic (exact) mass is 360 g/mol. The van der Waals surface area contributed by atoms with E-state index in [-0.39, 0.29) is 23.3 Å². The second-order valence-corrected chi connectivity index (χ2v) is 6.37. The van der Waals surface area contributed by atoms with Crippen LogP contribution >= 0.6 is 0 Å². The van der Waals surface area contributed by atoms with Crippen molar-refractivity contribution in [2.24, 2.45) is 0 Å². The fourth-order valence-electron chi connectivity index (χ4n) is 3.55. The van der Waals surface area contributed by atoms with Crippen LogP contribution in [-0.2, 0) is 4.79 Å². The van der Waals surface area contributed by atoms with Gasteiger partial charge >= 0.3 is 11.6 Å². The molecule has 5 heteroatoms. The molecule has 0 fully saturated rings. The van der Waals surface area contributed by atoms with E-state index in [1.807, 2.05) is 36.4 Å². The molecule has 0 aliphatic heterocycles. The number of carboxylic acids is 1. The molecule has 2 N–H and O–H groups in total.